The Kier molecular flexibility index (Phi) is 11.4. The van der Waals surface area contributed by atoms with E-state index in [2.05, 4.69) is 45.4 Å². The van der Waals surface area contributed by atoms with Gasteiger partial charge < -0.3 is 19.9 Å². The monoisotopic (exact) mass is 586 g/mol. The molecule has 2 atom stereocenters. The average molecular weight is 588 g/mol. The summed E-state index contributed by atoms with van der Waals surface area (Å²) in [4.78, 5) is 23.6. The fourth-order valence-electron chi connectivity index (χ4n) is 4.83. The zero-order valence-electron chi connectivity index (χ0n) is 22.0. The summed E-state index contributed by atoms with van der Waals surface area (Å²) in [5, 5.41) is 20.5. The molecular formula is C28H35BrN4O5. The van der Waals surface area contributed by atoms with Crippen molar-refractivity contribution in [2.24, 2.45) is 5.92 Å². The van der Waals surface area contributed by atoms with Crippen LogP contribution in [0.5, 0.6) is 0 Å². The summed E-state index contributed by atoms with van der Waals surface area (Å²) in [6.45, 7) is 2.95. The number of carbonyl (C=O) groups is 2. The Labute approximate surface area is 231 Å². The molecule has 0 radical (unpaired) electrons. The highest BCUT2D eigenvalue weighted by atomic mass is 79.9. The van der Waals surface area contributed by atoms with E-state index < -0.39 is 5.97 Å². The first-order valence-corrected chi connectivity index (χ1v) is 13.5. The minimum atomic E-state index is -1.02. The van der Waals surface area contributed by atoms with Gasteiger partial charge in [0.15, 0.2) is 0 Å². The molecule has 10 heteroatoms. The van der Waals surface area contributed by atoms with Gasteiger partial charge in [0.1, 0.15) is 12.3 Å². The van der Waals surface area contributed by atoms with Crippen LogP contribution >= 0.6 is 15.9 Å². The molecule has 5 rings (SSSR count). The molecule has 38 heavy (non-hydrogen) atoms. The topological polar surface area (TPSA) is 116 Å². The van der Waals surface area contributed by atoms with Crippen LogP contribution in [0.25, 0.3) is 5.69 Å². The van der Waals surface area contributed by atoms with Gasteiger partial charge in [-0.3, -0.25) is 0 Å². The molecular weight excluding hydrogens is 552 g/mol. The van der Waals surface area contributed by atoms with Gasteiger partial charge in [-0.25, -0.2) is 9.59 Å². The van der Waals surface area contributed by atoms with Gasteiger partial charge in [0.2, 0.25) is 0 Å². The molecule has 3 aromatic rings. The molecule has 2 unspecified atom stereocenters. The van der Waals surface area contributed by atoms with E-state index in [-0.39, 0.29) is 18.1 Å². The van der Waals surface area contributed by atoms with Crippen molar-refractivity contribution >= 4 is 27.9 Å². The Bertz CT molecular complexity index is 1190. The van der Waals surface area contributed by atoms with Crippen molar-refractivity contribution in [2.75, 3.05) is 14.2 Å². The van der Waals surface area contributed by atoms with Gasteiger partial charge in [-0.15, -0.1) is 0 Å². The zero-order chi connectivity index (χ0) is 27.5. The third kappa shape index (κ3) is 7.49. The van der Waals surface area contributed by atoms with Crippen molar-refractivity contribution in [1.82, 2.24) is 20.3 Å². The molecule has 2 N–H and O–H groups in total. The van der Waals surface area contributed by atoms with Gasteiger partial charge in [-0.2, -0.15) is 15.0 Å². The third-order valence-electron chi connectivity index (χ3n) is 6.74. The Morgan fingerprint density at radius 3 is 2.50 bits per heavy atom. The van der Waals surface area contributed by atoms with Gasteiger partial charge in [-0.05, 0) is 59.4 Å². The van der Waals surface area contributed by atoms with E-state index >= 15 is 0 Å². The highest BCUT2D eigenvalue weighted by Crippen LogP contribution is 2.27. The quantitative estimate of drug-likeness (QED) is 0.368. The lowest BCUT2D eigenvalue weighted by Crippen LogP contribution is -2.35. The molecule has 204 valence electrons. The molecule has 0 bridgehead atoms. The number of hydrogen-bond acceptors (Lipinski definition) is 7. The number of methoxy groups -OCH3 is 1. The Balaban J connectivity index is 0.000000166. The molecule has 2 heterocycles. The molecule has 0 amide bonds. The maximum absolute atomic E-state index is 11.3. The van der Waals surface area contributed by atoms with Crippen molar-refractivity contribution < 1.29 is 24.2 Å². The average Bonchev–Trinajstić information content (AvgIpc) is 3.60. The molecule has 9 nitrogen and oxygen atoms in total. The van der Waals surface area contributed by atoms with Crippen LogP contribution in [0.2, 0.25) is 0 Å². The molecule has 2 aliphatic rings. The summed E-state index contributed by atoms with van der Waals surface area (Å²) < 4.78 is 10.6. The molecule has 1 aromatic heterocycles. The second-order valence-corrected chi connectivity index (χ2v) is 9.92. The van der Waals surface area contributed by atoms with Crippen LogP contribution < -0.4 is 5.32 Å². The second kappa shape index (κ2) is 14.8. The number of halogens is 1. The number of ether oxygens (including phenoxy) is 2. The summed E-state index contributed by atoms with van der Waals surface area (Å²) in [6.07, 6.45) is 10.1. The number of benzene rings is 2. The lowest BCUT2D eigenvalue weighted by molar-refractivity contribution is 0.0534. The molecule has 0 spiro atoms. The van der Waals surface area contributed by atoms with E-state index in [1.54, 1.807) is 18.2 Å². The number of aromatic carboxylic acids is 1. The number of carboxylic acids is 1. The first kappa shape index (κ1) is 29.5. The van der Waals surface area contributed by atoms with E-state index in [0.717, 1.165) is 22.0 Å². The number of aromatic nitrogens is 3. The summed E-state index contributed by atoms with van der Waals surface area (Å²) >= 11 is 3.29. The van der Waals surface area contributed by atoms with E-state index in [4.69, 9.17) is 9.47 Å². The summed E-state index contributed by atoms with van der Waals surface area (Å²) in [7, 11) is 3.61. The van der Waals surface area contributed by atoms with Crippen LogP contribution in [0.15, 0.2) is 53.3 Å². The fourth-order valence-corrected chi connectivity index (χ4v) is 5.39. The van der Waals surface area contributed by atoms with Crippen molar-refractivity contribution in [3.05, 3.63) is 75.5 Å². The number of rotatable bonds is 6. The van der Waals surface area contributed by atoms with Crippen molar-refractivity contribution in [1.29, 1.82) is 0 Å². The number of hydrogen-bond donors (Lipinski definition) is 2. The van der Waals surface area contributed by atoms with Gasteiger partial charge in [0.05, 0.1) is 30.1 Å². The van der Waals surface area contributed by atoms with Crippen LogP contribution in [-0.4, -0.2) is 52.2 Å². The van der Waals surface area contributed by atoms with Crippen LogP contribution in [0.3, 0.4) is 0 Å². The van der Waals surface area contributed by atoms with E-state index in [1.165, 1.54) is 56.4 Å². The number of fused-ring (bicyclic) bond motifs is 1. The number of carbonyl (C=O) groups excluding carboxylic acids is 1. The second-order valence-electron chi connectivity index (χ2n) is 9.07. The van der Waals surface area contributed by atoms with Gasteiger partial charge in [0.25, 0.3) is 0 Å². The minimum Gasteiger partial charge on any atom is -0.478 e. The Morgan fingerprint density at radius 1 is 1.18 bits per heavy atom. The number of nitrogens with zero attached hydrogens (tertiary/aromatic N) is 3. The third-order valence-corrected chi connectivity index (χ3v) is 7.40. The SMILES string of the molecule is CCC1CCCCC1NC.COCc1cccc(-n2nccn2)c1C(=O)O.O=C1OCc2cccc(Br)c21. The van der Waals surface area contributed by atoms with Crippen LogP contribution in [-0.2, 0) is 22.7 Å². The largest absolute Gasteiger partial charge is 0.478 e. The molecule has 2 aromatic carbocycles. The molecule has 1 fully saturated rings. The van der Waals surface area contributed by atoms with Crippen LogP contribution in [0.1, 0.15) is 70.9 Å². The summed E-state index contributed by atoms with van der Waals surface area (Å²) in [6, 6.07) is 11.6. The summed E-state index contributed by atoms with van der Waals surface area (Å²) in [5.41, 5.74) is 2.81. The molecule has 1 saturated carbocycles. The number of cyclic esters (lactones) is 1. The van der Waals surface area contributed by atoms with E-state index in [9.17, 15) is 14.7 Å². The van der Waals surface area contributed by atoms with E-state index in [0.29, 0.717) is 23.4 Å². The first-order chi connectivity index (χ1) is 18.4. The standard InChI is InChI=1S/C11H11N3O3.C9H19N.C8H5BrO2/c1-17-7-8-3-2-4-9(10(8)11(15)16)14-12-5-6-13-14;1-3-8-6-4-5-7-9(8)10-2;9-6-3-1-2-5-4-11-8(10)7(5)6/h2-6H,7H2,1H3,(H,15,16);8-10H,3-7H2,1-2H3;1-3H,4H2. The molecule has 0 saturated heterocycles. The van der Waals surface area contributed by atoms with Crippen molar-refractivity contribution in [2.45, 2.75) is 58.3 Å². The van der Waals surface area contributed by atoms with Gasteiger partial charge >= 0.3 is 11.9 Å². The highest BCUT2D eigenvalue weighted by molar-refractivity contribution is 9.10. The lowest BCUT2D eigenvalue weighted by atomic mass is 9.83. The smallest absolute Gasteiger partial charge is 0.340 e. The molecule has 1 aliphatic carbocycles. The molecule has 1 aliphatic heterocycles. The predicted molar refractivity (Wildman–Crippen MR) is 147 cm³/mol. The van der Waals surface area contributed by atoms with Crippen molar-refractivity contribution in [3.8, 4) is 5.69 Å². The maximum atomic E-state index is 11.3. The zero-order valence-corrected chi connectivity index (χ0v) is 23.6. The maximum Gasteiger partial charge on any atom is 0.340 e. The summed E-state index contributed by atoms with van der Waals surface area (Å²) in [5.74, 6) is -0.295. The number of nitrogens with one attached hydrogen (secondary N) is 1. The van der Waals surface area contributed by atoms with Crippen LogP contribution in [0.4, 0.5) is 0 Å². The Hall–Kier alpha value is -3.08. The Morgan fingerprint density at radius 2 is 1.89 bits per heavy atom. The lowest BCUT2D eigenvalue weighted by Gasteiger charge is -2.30. The van der Waals surface area contributed by atoms with Crippen LogP contribution in [0, 0.1) is 5.92 Å². The number of esters is 1. The minimum absolute atomic E-state index is 0.158. The number of carboxylic acid groups (broad SMARTS) is 1. The van der Waals surface area contributed by atoms with Crippen molar-refractivity contribution in [3.63, 3.8) is 0 Å². The van der Waals surface area contributed by atoms with Gasteiger partial charge in [-0.1, -0.05) is 50.5 Å². The normalized spacial score (nSPS) is 17.8. The van der Waals surface area contributed by atoms with Gasteiger partial charge in [0, 0.05) is 23.2 Å². The fraction of sp³-hybridized carbons (Fsp3) is 0.429. The predicted octanol–water partition coefficient (Wildman–Crippen LogP) is 5.41. The first-order valence-electron chi connectivity index (χ1n) is 12.7. The van der Waals surface area contributed by atoms with E-state index in [1.807, 2.05) is 18.2 Å². The highest BCUT2D eigenvalue weighted by Gasteiger charge is 2.23.